The van der Waals surface area contributed by atoms with Crippen molar-refractivity contribution in [3.63, 3.8) is 0 Å². The van der Waals surface area contributed by atoms with Gasteiger partial charge in [-0.1, -0.05) is 13.8 Å². The summed E-state index contributed by atoms with van der Waals surface area (Å²) in [5, 5.41) is 11.5. The van der Waals surface area contributed by atoms with E-state index < -0.39 is 5.97 Å². The summed E-state index contributed by atoms with van der Waals surface area (Å²) in [6.45, 7) is 5.85. The third kappa shape index (κ3) is 4.08. The third-order valence-electron chi connectivity index (χ3n) is 2.12. The topological polar surface area (TPSA) is 75.6 Å². The SMILES string of the molecule is CC(=O)Nc1ccc(OCC(C)C)cc1C(=O)O. The molecule has 98 valence electrons. The van der Waals surface area contributed by atoms with Crippen LogP contribution in [0.1, 0.15) is 31.1 Å². The molecule has 0 bridgehead atoms. The van der Waals surface area contributed by atoms with Gasteiger partial charge in [0.25, 0.3) is 0 Å². The first-order chi connectivity index (χ1) is 8.40. The number of hydrogen-bond donors (Lipinski definition) is 2. The fraction of sp³-hybridized carbons (Fsp3) is 0.385. The molecular weight excluding hydrogens is 234 g/mol. The normalized spacial score (nSPS) is 10.2. The molecule has 1 aromatic carbocycles. The molecule has 0 aliphatic heterocycles. The Morgan fingerprint density at radius 2 is 2.06 bits per heavy atom. The average Bonchev–Trinajstić information content (AvgIpc) is 2.26. The van der Waals surface area contributed by atoms with E-state index in [0.717, 1.165) is 0 Å². The van der Waals surface area contributed by atoms with Crippen LogP contribution < -0.4 is 10.1 Å². The standard InChI is InChI=1S/C13H17NO4/c1-8(2)7-18-10-4-5-12(14-9(3)15)11(6-10)13(16)17/h4-6,8H,7H2,1-3H3,(H,14,15)(H,16,17). The van der Waals surface area contributed by atoms with Gasteiger partial charge in [-0.05, 0) is 24.1 Å². The molecule has 1 amide bonds. The smallest absolute Gasteiger partial charge is 0.337 e. The van der Waals surface area contributed by atoms with Gasteiger partial charge in [-0.15, -0.1) is 0 Å². The summed E-state index contributed by atoms with van der Waals surface area (Å²) in [5.74, 6) is -0.578. The molecule has 0 fully saturated rings. The maximum atomic E-state index is 11.1. The van der Waals surface area contributed by atoms with Gasteiger partial charge in [0, 0.05) is 6.92 Å². The molecule has 0 aliphatic rings. The molecular formula is C13H17NO4. The largest absolute Gasteiger partial charge is 0.493 e. The zero-order chi connectivity index (χ0) is 13.7. The van der Waals surface area contributed by atoms with E-state index in [-0.39, 0.29) is 17.2 Å². The van der Waals surface area contributed by atoms with E-state index in [4.69, 9.17) is 9.84 Å². The predicted molar refractivity (Wildman–Crippen MR) is 68.0 cm³/mol. The van der Waals surface area contributed by atoms with Crippen molar-refractivity contribution in [2.45, 2.75) is 20.8 Å². The molecule has 5 heteroatoms. The van der Waals surface area contributed by atoms with Gasteiger partial charge in [0.2, 0.25) is 5.91 Å². The average molecular weight is 251 g/mol. The number of nitrogens with one attached hydrogen (secondary N) is 1. The highest BCUT2D eigenvalue weighted by molar-refractivity contribution is 6.00. The number of carboxylic acid groups (broad SMARTS) is 1. The molecule has 0 aliphatic carbocycles. The van der Waals surface area contributed by atoms with Crippen molar-refractivity contribution in [1.29, 1.82) is 0 Å². The summed E-state index contributed by atoms with van der Waals surface area (Å²) in [6, 6.07) is 4.58. The summed E-state index contributed by atoms with van der Waals surface area (Å²) in [5.41, 5.74) is 0.290. The van der Waals surface area contributed by atoms with Crippen LogP contribution in [0.4, 0.5) is 5.69 Å². The lowest BCUT2D eigenvalue weighted by atomic mass is 10.1. The van der Waals surface area contributed by atoms with Crippen LogP contribution >= 0.6 is 0 Å². The molecule has 1 aromatic rings. The Balaban J connectivity index is 2.96. The van der Waals surface area contributed by atoms with Gasteiger partial charge in [-0.2, -0.15) is 0 Å². The monoisotopic (exact) mass is 251 g/mol. The number of carbonyl (C=O) groups excluding carboxylic acids is 1. The Hall–Kier alpha value is -2.04. The first-order valence-electron chi connectivity index (χ1n) is 5.68. The van der Waals surface area contributed by atoms with Crippen LogP contribution in [0.15, 0.2) is 18.2 Å². The molecule has 0 heterocycles. The first kappa shape index (κ1) is 14.0. The molecule has 1 rings (SSSR count). The number of carboxylic acids is 1. The number of amides is 1. The molecule has 0 saturated carbocycles. The number of carbonyl (C=O) groups is 2. The molecule has 18 heavy (non-hydrogen) atoms. The highest BCUT2D eigenvalue weighted by Gasteiger charge is 2.12. The fourth-order valence-electron chi connectivity index (χ4n) is 1.35. The predicted octanol–water partition coefficient (Wildman–Crippen LogP) is 2.38. The van der Waals surface area contributed by atoms with E-state index in [9.17, 15) is 9.59 Å². The second kappa shape index (κ2) is 6.05. The van der Waals surface area contributed by atoms with Crippen LogP contribution in [0.2, 0.25) is 0 Å². The van der Waals surface area contributed by atoms with Crippen molar-refractivity contribution in [1.82, 2.24) is 0 Å². The lowest BCUT2D eigenvalue weighted by molar-refractivity contribution is -0.114. The van der Waals surface area contributed by atoms with Crippen molar-refractivity contribution in [3.8, 4) is 5.75 Å². The van der Waals surface area contributed by atoms with Gasteiger partial charge in [0.15, 0.2) is 0 Å². The highest BCUT2D eigenvalue weighted by Crippen LogP contribution is 2.22. The Bertz CT molecular complexity index is 454. The van der Waals surface area contributed by atoms with Crippen LogP contribution in [0, 0.1) is 5.92 Å². The van der Waals surface area contributed by atoms with Crippen molar-refractivity contribution in [2.75, 3.05) is 11.9 Å². The van der Waals surface area contributed by atoms with Gasteiger partial charge in [0.05, 0.1) is 17.9 Å². The highest BCUT2D eigenvalue weighted by atomic mass is 16.5. The van der Waals surface area contributed by atoms with Crippen LogP contribution in [-0.4, -0.2) is 23.6 Å². The molecule has 0 atom stereocenters. The van der Waals surface area contributed by atoms with Gasteiger partial charge in [-0.25, -0.2) is 4.79 Å². The molecule has 0 saturated heterocycles. The summed E-state index contributed by atoms with van der Waals surface area (Å²) >= 11 is 0. The van der Waals surface area contributed by atoms with E-state index in [1.54, 1.807) is 6.07 Å². The zero-order valence-corrected chi connectivity index (χ0v) is 10.7. The van der Waals surface area contributed by atoms with E-state index in [1.807, 2.05) is 13.8 Å². The minimum Gasteiger partial charge on any atom is -0.493 e. The van der Waals surface area contributed by atoms with Crippen LogP contribution in [0.25, 0.3) is 0 Å². The third-order valence-corrected chi connectivity index (χ3v) is 2.12. The first-order valence-corrected chi connectivity index (χ1v) is 5.68. The van der Waals surface area contributed by atoms with E-state index in [1.165, 1.54) is 19.1 Å². The molecule has 0 aromatic heterocycles. The second-order valence-corrected chi connectivity index (χ2v) is 4.40. The quantitative estimate of drug-likeness (QED) is 0.842. The maximum Gasteiger partial charge on any atom is 0.337 e. The molecule has 5 nitrogen and oxygen atoms in total. The number of aromatic carboxylic acids is 1. The summed E-state index contributed by atoms with van der Waals surface area (Å²) in [4.78, 5) is 22.0. The van der Waals surface area contributed by atoms with Crippen LogP contribution in [0.3, 0.4) is 0 Å². The Morgan fingerprint density at radius 1 is 1.39 bits per heavy atom. The molecule has 2 N–H and O–H groups in total. The summed E-state index contributed by atoms with van der Waals surface area (Å²) < 4.78 is 5.44. The van der Waals surface area contributed by atoms with Crippen molar-refractivity contribution >= 4 is 17.6 Å². The molecule has 0 unspecified atom stereocenters. The van der Waals surface area contributed by atoms with Gasteiger partial charge in [-0.3, -0.25) is 4.79 Å². The fourth-order valence-corrected chi connectivity index (χ4v) is 1.35. The minimum atomic E-state index is -1.10. The number of ether oxygens (including phenoxy) is 1. The molecule has 0 radical (unpaired) electrons. The minimum absolute atomic E-state index is 0.0199. The maximum absolute atomic E-state index is 11.1. The van der Waals surface area contributed by atoms with Gasteiger partial charge < -0.3 is 15.2 Å². The van der Waals surface area contributed by atoms with Crippen molar-refractivity contribution in [2.24, 2.45) is 5.92 Å². The Morgan fingerprint density at radius 3 is 2.56 bits per heavy atom. The number of rotatable bonds is 5. The van der Waals surface area contributed by atoms with Crippen LogP contribution in [0.5, 0.6) is 5.75 Å². The Labute approximate surface area is 106 Å². The van der Waals surface area contributed by atoms with Crippen molar-refractivity contribution < 1.29 is 19.4 Å². The van der Waals surface area contributed by atoms with Crippen molar-refractivity contribution in [3.05, 3.63) is 23.8 Å². The lowest BCUT2D eigenvalue weighted by Crippen LogP contribution is -2.11. The lowest BCUT2D eigenvalue weighted by Gasteiger charge is -2.11. The van der Waals surface area contributed by atoms with E-state index in [0.29, 0.717) is 18.3 Å². The summed E-state index contributed by atoms with van der Waals surface area (Å²) in [7, 11) is 0. The number of anilines is 1. The van der Waals surface area contributed by atoms with Gasteiger partial charge >= 0.3 is 5.97 Å². The number of benzene rings is 1. The van der Waals surface area contributed by atoms with E-state index >= 15 is 0 Å². The second-order valence-electron chi connectivity index (χ2n) is 4.40. The van der Waals surface area contributed by atoms with Crippen LogP contribution in [-0.2, 0) is 4.79 Å². The summed E-state index contributed by atoms with van der Waals surface area (Å²) in [6.07, 6.45) is 0. The Kier molecular flexibility index (Phi) is 4.71. The zero-order valence-electron chi connectivity index (χ0n) is 10.7. The number of hydrogen-bond acceptors (Lipinski definition) is 3. The van der Waals surface area contributed by atoms with E-state index in [2.05, 4.69) is 5.32 Å². The molecule has 0 spiro atoms. The van der Waals surface area contributed by atoms with Gasteiger partial charge in [0.1, 0.15) is 5.75 Å².